The van der Waals surface area contributed by atoms with Gasteiger partial charge in [0.2, 0.25) is 5.89 Å². The summed E-state index contributed by atoms with van der Waals surface area (Å²) >= 11 is 0. The second kappa shape index (κ2) is 6.02. The number of hydrogen-bond acceptors (Lipinski definition) is 5. The van der Waals surface area contributed by atoms with Gasteiger partial charge in [0.25, 0.3) is 5.91 Å². The number of nitrogens with zero attached hydrogens (tertiary/aromatic N) is 4. The van der Waals surface area contributed by atoms with Crippen molar-refractivity contribution in [2.75, 3.05) is 32.1 Å². The van der Waals surface area contributed by atoms with E-state index in [2.05, 4.69) is 10.1 Å². The monoisotopic (exact) mass is 314 g/mol. The molecule has 0 aliphatic carbocycles. The van der Waals surface area contributed by atoms with Crippen LogP contribution in [-0.4, -0.2) is 48.1 Å². The standard InChI is InChI=1S/C17H22N4O2/c1-11(2)15-18-16(23-19-15)13-9-21(10-13)17(22)12-5-7-14(8-6-12)20(3)4/h5-8,11,13H,9-10H2,1-4H3. The van der Waals surface area contributed by atoms with Gasteiger partial charge in [-0.3, -0.25) is 4.79 Å². The van der Waals surface area contributed by atoms with Crippen molar-refractivity contribution in [1.82, 2.24) is 15.0 Å². The SMILES string of the molecule is CC(C)c1noc(C2CN(C(=O)c3ccc(N(C)C)cc3)C2)n1. The first-order chi connectivity index (χ1) is 11.0. The van der Waals surface area contributed by atoms with Crippen LogP contribution in [-0.2, 0) is 0 Å². The van der Waals surface area contributed by atoms with Crippen molar-refractivity contribution in [1.29, 1.82) is 0 Å². The van der Waals surface area contributed by atoms with Crippen molar-refractivity contribution >= 4 is 11.6 Å². The average molecular weight is 314 g/mol. The highest BCUT2D eigenvalue weighted by molar-refractivity contribution is 5.95. The van der Waals surface area contributed by atoms with Crippen molar-refractivity contribution in [3.05, 3.63) is 41.5 Å². The maximum atomic E-state index is 12.4. The Hall–Kier alpha value is -2.37. The van der Waals surface area contributed by atoms with Gasteiger partial charge in [0.1, 0.15) is 0 Å². The highest BCUT2D eigenvalue weighted by atomic mass is 16.5. The fourth-order valence-corrected chi connectivity index (χ4v) is 2.53. The van der Waals surface area contributed by atoms with E-state index < -0.39 is 0 Å². The Morgan fingerprint density at radius 2 is 1.91 bits per heavy atom. The van der Waals surface area contributed by atoms with Gasteiger partial charge in [0.15, 0.2) is 5.82 Å². The first-order valence-corrected chi connectivity index (χ1v) is 7.86. The molecule has 1 fully saturated rings. The van der Waals surface area contributed by atoms with Crippen molar-refractivity contribution in [2.24, 2.45) is 0 Å². The lowest BCUT2D eigenvalue weighted by Gasteiger charge is -2.37. The molecule has 3 rings (SSSR count). The number of rotatable bonds is 4. The van der Waals surface area contributed by atoms with Crippen molar-refractivity contribution < 1.29 is 9.32 Å². The molecule has 0 unspecified atom stereocenters. The Balaban J connectivity index is 1.60. The Morgan fingerprint density at radius 3 is 2.43 bits per heavy atom. The van der Waals surface area contributed by atoms with Crippen LogP contribution in [0.3, 0.4) is 0 Å². The molecule has 2 aromatic rings. The van der Waals surface area contributed by atoms with E-state index in [1.807, 2.05) is 62.0 Å². The molecule has 0 radical (unpaired) electrons. The van der Waals surface area contributed by atoms with Gasteiger partial charge < -0.3 is 14.3 Å². The number of aromatic nitrogens is 2. The van der Waals surface area contributed by atoms with Gasteiger partial charge in [-0.25, -0.2) is 0 Å². The second-order valence-corrected chi connectivity index (χ2v) is 6.49. The molecule has 1 aliphatic heterocycles. The smallest absolute Gasteiger partial charge is 0.253 e. The minimum Gasteiger partial charge on any atom is -0.378 e. The molecule has 2 heterocycles. The number of amides is 1. The summed E-state index contributed by atoms with van der Waals surface area (Å²) < 4.78 is 5.30. The first kappa shape index (κ1) is 15.5. The highest BCUT2D eigenvalue weighted by Gasteiger charge is 2.36. The minimum absolute atomic E-state index is 0.0511. The lowest BCUT2D eigenvalue weighted by Crippen LogP contribution is -2.48. The second-order valence-electron chi connectivity index (χ2n) is 6.49. The number of carbonyl (C=O) groups excluding carboxylic acids is 1. The zero-order valence-electron chi connectivity index (χ0n) is 14.0. The third-order valence-electron chi connectivity index (χ3n) is 4.12. The Bertz CT molecular complexity index is 685. The van der Waals surface area contributed by atoms with Crippen LogP contribution >= 0.6 is 0 Å². The third-order valence-corrected chi connectivity index (χ3v) is 4.12. The molecule has 0 N–H and O–H groups in total. The number of anilines is 1. The molecule has 1 saturated heterocycles. The van der Waals surface area contributed by atoms with Crippen molar-refractivity contribution in [2.45, 2.75) is 25.7 Å². The summed E-state index contributed by atoms with van der Waals surface area (Å²) in [6.07, 6.45) is 0. The van der Waals surface area contributed by atoms with Crippen LogP contribution < -0.4 is 4.90 Å². The van der Waals surface area contributed by atoms with E-state index in [1.165, 1.54) is 0 Å². The topological polar surface area (TPSA) is 62.5 Å². The summed E-state index contributed by atoms with van der Waals surface area (Å²) in [5.74, 6) is 1.82. The predicted molar refractivity (Wildman–Crippen MR) is 87.8 cm³/mol. The van der Waals surface area contributed by atoms with Crippen LogP contribution in [0.1, 0.15) is 47.8 Å². The largest absolute Gasteiger partial charge is 0.378 e. The first-order valence-electron chi connectivity index (χ1n) is 7.86. The van der Waals surface area contributed by atoms with Gasteiger partial charge >= 0.3 is 0 Å². The molecule has 0 saturated carbocycles. The van der Waals surface area contributed by atoms with Gasteiger partial charge in [0.05, 0.1) is 5.92 Å². The molecular weight excluding hydrogens is 292 g/mol. The summed E-state index contributed by atoms with van der Waals surface area (Å²) in [6.45, 7) is 5.33. The fraction of sp³-hybridized carbons (Fsp3) is 0.471. The van der Waals surface area contributed by atoms with E-state index in [4.69, 9.17) is 4.52 Å². The lowest BCUT2D eigenvalue weighted by molar-refractivity contribution is 0.0569. The van der Waals surface area contributed by atoms with E-state index in [9.17, 15) is 4.79 Å². The minimum atomic E-state index is 0.0511. The van der Waals surface area contributed by atoms with E-state index >= 15 is 0 Å². The molecule has 1 aromatic carbocycles. The molecule has 0 spiro atoms. The van der Waals surface area contributed by atoms with Crippen molar-refractivity contribution in [3.8, 4) is 0 Å². The quantitative estimate of drug-likeness (QED) is 0.867. The number of likely N-dealkylation sites (tertiary alicyclic amines) is 1. The van der Waals surface area contributed by atoms with Gasteiger partial charge in [-0.1, -0.05) is 19.0 Å². The molecular formula is C17H22N4O2. The number of hydrogen-bond donors (Lipinski definition) is 0. The summed E-state index contributed by atoms with van der Waals surface area (Å²) in [7, 11) is 3.96. The zero-order chi connectivity index (χ0) is 16.6. The Morgan fingerprint density at radius 1 is 1.26 bits per heavy atom. The molecule has 23 heavy (non-hydrogen) atoms. The molecule has 0 bridgehead atoms. The summed E-state index contributed by atoms with van der Waals surface area (Å²) in [4.78, 5) is 20.7. The molecule has 122 valence electrons. The van der Waals surface area contributed by atoms with E-state index in [0.717, 1.165) is 11.5 Å². The van der Waals surface area contributed by atoms with Crippen LogP contribution in [0.2, 0.25) is 0 Å². The normalized spacial score (nSPS) is 14.9. The van der Waals surface area contributed by atoms with E-state index in [-0.39, 0.29) is 17.7 Å². The third kappa shape index (κ3) is 3.06. The van der Waals surface area contributed by atoms with Crippen LogP contribution in [0.25, 0.3) is 0 Å². The highest BCUT2D eigenvalue weighted by Crippen LogP contribution is 2.28. The molecule has 1 amide bonds. The maximum Gasteiger partial charge on any atom is 0.253 e. The van der Waals surface area contributed by atoms with Gasteiger partial charge in [0, 0.05) is 44.4 Å². The average Bonchev–Trinajstić information content (AvgIpc) is 2.95. The van der Waals surface area contributed by atoms with Gasteiger partial charge in [-0.2, -0.15) is 4.98 Å². The van der Waals surface area contributed by atoms with Crippen LogP contribution in [0, 0.1) is 0 Å². The predicted octanol–water partition coefficient (Wildman–Crippen LogP) is 2.50. The zero-order valence-corrected chi connectivity index (χ0v) is 14.0. The van der Waals surface area contributed by atoms with Gasteiger partial charge in [-0.15, -0.1) is 0 Å². The molecule has 6 heteroatoms. The number of benzene rings is 1. The summed E-state index contributed by atoms with van der Waals surface area (Å²) in [5.41, 5.74) is 1.79. The lowest BCUT2D eigenvalue weighted by atomic mass is 9.98. The van der Waals surface area contributed by atoms with Gasteiger partial charge in [-0.05, 0) is 24.3 Å². The van der Waals surface area contributed by atoms with Crippen molar-refractivity contribution in [3.63, 3.8) is 0 Å². The van der Waals surface area contributed by atoms with Crippen LogP contribution in [0.15, 0.2) is 28.8 Å². The van der Waals surface area contributed by atoms with E-state index in [1.54, 1.807) is 0 Å². The fourth-order valence-electron chi connectivity index (χ4n) is 2.53. The molecule has 1 aliphatic rings. The van der Waals surface area contributed by atoms with Crippen LogP contribution in [0.5, 0.6) is 0 Å². The number of carbonyl (C=O) groups is 1. The summed E-state index contributed by atoms with van der Waals surface area (Å²) in [6, 6.07) is 7.65. The van der Waals surface area contributed by atoms with Crippen LogP contribution in [0.4, 0.5) is 5.69 Å². The molecule has 0 atom stereocenters. The molecule has 1 aromatic heterocycles. The Kier molecular flexibility index (Phi) is 4.07. The molecule has 6 nitrogen and oxygen atoms in total. The Labute approximate surface area is 136 Å². The summed E-state index contributed by atoms with van der Waals surface area (Å²) in [5, 5.41) is 3.98. The van der Waals surface area contributed by atoms with E-state index in [0.29, 0.717) is 24.5 Å². The maximum absolute atomic E-state index is 12.4.